The fourth-order valence-electron chi connectivity index (χ4n) is 1.69. The number of rotatable bonds is 9. The van der Waals surface area contributed by atoms with E-state index in [1.807, 2.05) is 38.2 Å². The Hall–Kier alpha value is -1.22. The van der Waals surface area contributed by atoms with Crippen molar-refractivity contribution in [3.8, 4) is 11.5 Å². The van der Waals surface area contributed by atoms with Gasteiger partial charge in [0.25, 0.3) is 0 Å². The molecule has 0 bridgehead atoms. The minimum Gasteiger partial charge on any atom is -0.494 e. The van der Waals surface area contributed by atoms with Gasteiger partial charge in [0.05, 0.1) is 13.2 Å². The van der Waals surface area contributed by atoms with Crippen LogP contribution < -0.4 is 14.8 Å². The van der Waals surface area contributed by atoms with Gasteiger partial charge >= 0.3 is 0 Å². The quantitative estimate of drug-likeness (QED) is 0.683. The lowest BCUT2D eigenvalue weighted by Gasteiger charge is -2.10. The van der Waals surface area contributed by atoms with E-state index in [0.29, 0.717) is 12.6 Å². The Bertz CT molecular complexity index is 311. The molecule has 1 aromatic carbocycles. The molecule has 1 N–H and O–H groups in total. The lowest BCUT2D eigenvalue weighted by molar-refractivity contribution is 0.300. The van der Waals surface area contributed by atoms with Crippen molar-refractivity contribution in [3.63, 3.8) is 0 Å². The van der Waals surface area contributed by atoms with Gasteiger partial charge in [-0.15, -0.1) is 0 Å². The molecule has 1 aromatic rings. The second-order valence-corrected chi connectivity index (χ2v) is 4.44. The summed E-state index contributed by atoms with van der Waals surface area (Å²) >= 11 is 0. The molecule has 102 valence electrons. The van der Waals surface area contributed by atoms with Crippen LogP contribution in [0.2, 0.25) is 0 Å². The van der Waals surface area contributed by atoms with Crippen LogP contribution >= 0.6 is 0 Å². The molecule has 0 heterocycles. The average molecular weight is 251 g/mol. The van der Waals surface area contributed by atoms with Crippen molar-refractivity contribution in [1.82, 2.24) is 5.32 Å². The van der Waals surface area contributed by atoms with Crippen molar-refractivity contribution < 1.29 is 9.47 Å². The van der Waals surface area contributed by atoms with Crippen LogP contribution in [0.3, 0.4) is 0 Å². The Balaban J connectivity index is 2.15. The van der Waals surface area contributed by atoms with E-state index in [2.05, 4.69) is 12.2 Å². The average Bonchev–Trinajstić information content (AvgIpc) is 2.40. The molecule has 0 aliphatic rings. The van der Waals surface area contributed by atoms with Gasteiger partial charge in [-0.1, -0.05) is 0 Å². The van der Waals surface area contributed by atoms with E-state index in [1.54, 1.807) is 0 Å². The van der Waals surface area contributed by atoms with Gasteiger partial charge in [0.2, 0.25) is 0 Å². The molecular weight excluding hydrogens is 226 g/mol. The molecule has 0 aliphatic heterocycles. The zero-order chi connectivity index (χ0) is 13.2. The number of ether oxygens (including phenoxy) is 2. The lowest BCUT2D eigenvalue weighted by atomic mass is 10.1. The van der Waals surface area contributed by atoms with E-state index in [4.69, 9.17) is 9.47 Å². The number of benzene rings is 1. The number of hydrogen-bond donors (Lipinski definition) is 1. The zero-order valence-corrected chi connectivity index (χ0v) is 11.7. The van der Waals surface area contributed by atoms with E-state index in [1.165, 1.54) is 12.8 Å². The summed E-state index contributed by atoms with van der Waals surface area (Å²) in [5.74, 6) is 1.81. The SMILES string of the molecule is CCOc1ccc(OCCCCC(C)NC)cc1. The van der Waals surface area contributed by atoms with Crippen LogP contribution in [0.15, 0.2) is 24.3 Å². The van der Waals surface area contributed by atoms with Crippen LogP contribution in [0.25, 0.3) is 0 Å². The molecule has 0 radical (unpaired) electrons. The molecule has 0 amide bonds. The van der Waals surface area contributed by atoms with Gasteiger partial charge in [0.1, 0.15) is 11.5 Å². The molecule has 1 rings (SSSR count). The third kappa shape index (κ3) is 5.92. The summed E-state index contributed by atoms with van der Waals surface area (Å²) in [5.41, 5.74) is 0. The van der Waals surface area contributed by atoms with E-state index >= 15 is 0 Å². The first-order valence-corrected chi connectivity index (χ1v) is 6.79. The summed E-state index contributed by atoms with van der Waals surface area (Å²) in [6, 6.07) is 8.40. The standard InChI is InChI=1S/C15H25NO2/c1-4-17-14-8-10-15(11-9-14)18-12-6-5-7-13(2)16-3/h8-11,13,16H,4-7,12H2,1-3H3. The molecule has 1 atom stereocenters. The normalized spacial score (nSPS) is 12.2. The summed E-state index contributed by atoms with van der Waals surface area (Å²) in [5, 5.41) is 3.24. The maximum atomic E-state index is 5.68. The third-order valence-corrected chi connectivity index (χ3v) is 2.93. The largest absolute Gasteiger partial charge is 0.494 e. The topological polar surface area (TPSA) is 30.5 Å². The number of hydrogen-bond acceptors (Lipinski definition) is 3. The van der Waals surface area contributed by atoms with Gasteiger partial charge in [-0.05, 0) is 64.4 Å². The highest BCUT2D eigenvalue weighted by Gasteiger charge is 1.99. The van der Waals surface area contributed by atoms with Crippen LogP contribution in [-0.4, -0.2) is 26.3 Å². The fourth-order valence-corrected chi connectivity index (χ4v) is 1.69. The second kappa shape index (κ2) is 8.81. The fraction of sp³-hybridized carbons (Fsp3) is 0.600. The third-order valence-electron chi connectivity index (χ3n) is 2.93. The van der Waals surface area contributed by atoms with E-state index in [0.717, 1.165) is 24.5 Å². The van der Waals surface area contributed by atoms with E-state index in [-0.39, 0.29) is 0 Å². The summed E-state index contributed by atoms with van der Waals surface area (Å²) < 4.78 is 11.1. The zero-order valence-electron chi connectivity index (χ0n) is 11.7. The van der Waals surface area contributed by atoms with Crippen molar-refractivity contribution in [2.75, 3.05) is 20.3 Å². The van der Waals surface area contributed by atoms with Gasteiger partial charge in [-0.25, -0.2) is 0 Å². The highest BCUT2D eigenvalue weighted by atomic mass is 16.5. The van der Waals surface area contributed by atoms with Crippen LogP contribution in [0.5, 0.6) is 11.5 Å². The summed E-state index contributed by atoms with van der Waals surface area (Å²) in [6.45, 7) is 5.66. The minimum absolute atomic E-state index is 0.593. The molecule has 0 saturated heterocycles. The summed E-state index contributed by atoms with van der Waals surface area (Å²) in [7, 11) is 2.00. The Kier molecular flexibility index (Phi) is 7.26. The first-order chi connectivity index (χ1) is 8.76. The molecule has 3 heteroatoms. The molecule has 0 aromatic heterocycles. The molecule has 3 nitrogen and oxygen atoms in total. The Labute approximate surface area is 110 Å². The van der Waals surface area contributed by atoms with Crippen molar-refractivity contribution in [1.29, 1.82) is 0 Å². The molecule has 0 aliphatic carbocycles. The van der Waals surface area contributed by atoms with E-state index in [9.17, 15) is 0 Å². The van der Waals surface area contributed by atoms with Gasteiger partial charge in [-0.2, -0.15) is 0 Å². The van der Waals surface area contributed by atoms with Gasteiger partial charge in [0.15, 0.2) is 0 Å². The maximum absolute atomic E-state index is 5.68. The van der Waals surface area contributed by atoms with Crippen molar-refractivity contribution in [2.24, 2.45) is 0 Å². The Morgan fingerprint density at radius 1 is 1.06 bits per heavy atom. The first-order valence-electron chi connectivity index (χ1n) is 6.79. The molecular formula is C15H25NO2. The smallest absolute Gasteiger partial charge is 0.119 e. The molecule has 0 fully saturated rings. The summed E-state index contributed by atoms with van der Waals surface area (Å²) in [6.07, 6.45) is 3.49. The van der Waals surface area contributed by atoms with Crippen LogP contribution in [0, 0.1) is 0 Å². The van der Waals surface area contributed by atoms with Gasteiger partial charge in [-0.3, -0.25) is 0 Å². The number of unbranched alkanes of at least 4 members (excludes halogenated alkanes) is 1. The highest BCUT2D eigenvalue weighted by Crippen LogP contribution is 2.17. The van der Waals surface area contributed by atoms with Crippen LogP contribution in [0.1, 0.15) is 33.1 Å². The van der Waals surface area contributed by atoms with Crippen molar-refractivity contribution in [2.45, 2.75) is 39.2 Å². The molecule has 0 spiro atoms. The Morgan fingerprint density at radius 3 is 2.22 bits per heavy atom. The first kappa shape index (κ1) is 14.8. The van der Waals surface area contributed by atoms with Gasteiger partial charge in [0, 0.05) is 6.04 Å². The van der Waals surface area contributed by atoms with Crippen LogP contribution in [0.4, 0.5) is 0 Å². The van der Waals surface area contributed by atoms with E-state index < -0.39 is 0 Å². The predicted molar refractivity (Wildman–Crippen MR) is 75.5 cm³/mol. The number of nitrogens with one attached hydrogen (secondary N) is 1. The van der Waals surface area contributed by atoms with Crippen molar-refractivity contribution >= 4 is 0 Å². The van der Waals surface area contributed by atoms with Crippen LogP contribution in [-0.2, 0) is 0 Å². The highest BCUT2D eigenvalue weighted by molar-refractivity contribution is 5.31. The van der Waals surface area contributed by atoms with Crippen molar-refractivity contribution in [3.05, 3.63) is 24.3 Å². The monoisotopic (exact) mass is 251 g/mol. The molecule has 18 heavy (non-hydrogen) atoms. The maximum Gasteiger partial charge on any atom is 0.119 e. The summed E-state index contributed by atoms with van der Waals surface area (Å²) in [4.78, 5) is 0. The predicted octanol–water partition coefficient (Wildman–Crippen LogP) is 3.24. The second-order valence-electron chi connectivity index (χ2n) is 4.44. The van der Waals surface area contributed by atoms with Gasteiger partial charge < -0.3 is 14.8 Å². The molecule has 0 saturated carbocycles. The molecule has 1 unspecified atom stereocenters. The Morgan fingerprint density at radius 2 is 1.67 bits per heavy atom. The minimum atomic E-state index is 0.593. The lowest BCUT2D eigenvalue weighted by Crippen LogP contribution is -2.20.